The van der Waals surface area contributed by atoms with Gasteiger partial charge in [0.15, 0.2) is 0 Å². The van der Waals surface area contributed by atoms with Gasteiger partial charge in [-0.2, -0.15) is 0 Å². The highest BCUT2D eigenvalue weighted by molar-refractivity contribution is 8.00. The van der Waals surface area contributed by atoms with E-state index in [4.69, 9.17) is 4.74 Å². The molecule has 3 atom stereocenters. The number of ether oxygens (including phenoxy) is 1. The normalized spacial score (nSPS) is 19.0. The molecule has 2 unspecified atom stereocenters. The highest BCUT2D eigenvalue weighted by atomic mass is 32.2. The molecule has 224 valence electrons. The quantitative estimate of drug-likeness (QED) is 0.225. The van der Waals surface area contributed by atoms with Crippen LogP contribution in [-0.4, -0.2) is 45.2 Å². The number of carbonyl (C=O) groups excluding carboxylic acids is 4. The van der Waals surface area contributed by atoms with Crippen molar-refractivity contribution >= 4 is 58.2 Å². The molecule has 0 spiro atoms. The second-order valence-electron chi connectivity index (χ2n) is 10.5. The minimum Gasteiger partial charge on any atom is -0.508 e. The number of nitrogens with one attached hydrogen (secondary N) is 1. The first-order valence-corrected chi connectivity index (χ1v) is 15.6. The molecular formula is C32H27N3O7S2. The minimum absolute atomic E-state index is 0.0337. The van der Waals surface area contributed by atoms with E-state index < -0.39 is 40.8 Å². The molecule has 10 nitrogen and oxygen atoms in total. The Morgan fingerprint density at radius 3 is 2.27 bits per heavy atom. The number of amides is 3. The monoisotopic (exact) mass is 629 g/mol. The van der Waals surface area contributed by atoms with Crippen LogP contribution in [0.1, 0.15) is 39.2 Å². The van der Waals surface area contributed by atoms with Crippen molar-refractivity contribution < 1.29 is 29.0 Å². The van der Waals surface area contributed by atoms with Crippen LogP contribution in [-0.2, 0) is 25.7 Å². The standard InChI is InChI=1S/C32H27N3O7S2/c1-3-42-31(40)19-6-12-21(13-7-19)35-28(38)25-24(18-8-14-22(36)15-9-18)27-30(43-26(25)29(35)39)34(32(41)44-27)16-23(37)33-20-10-4-17(2)5-11-20/h4-15,24-26,36H,3,16H2,1-2H3,(H,33,37)/t24-,25?,26?/m0/s1. The topological polar surface area (TPSA) is 135 Å². The molecule has 3 amide bonds. The summed E-state index contributed by atoms with van der Waals surface area (Å²) in [6.07, 6.45) is 0. The van der Waals surface area contributed by atoms with Crippen molar-refractivity contribution in [1.29, 1.82) is 0 Å². The number of hydrogen-bond donors (Lipinski definition) is 2. The average molecular weight is 630 g/mol. The van der Waals surface area contributed by atoms with E-state index in [0.717, 1.165) is 33.6 Å². The van der Waals surface area contributed by atoms with Crippen molar-refractivity contribution in [2.45, 2.75) is 36.6 Å². The number of carbonyl (C=O) groups is 4. The van der Waals surface area contributed by atoms with E-state index >= 15 is 0 Å². The van der Waals surface area contributed by atoms with Crippen molar-refractivity contribution in [2.24, 2.45) is 5.92 Å². The zero-order chi connectivity index (χ0) is 31.1. The molecule has 1 fully saturated rings. The molecule has 12 heteroatoms. The first kappa shape index (κ1) is 29.4. The summed E-state index contributed by atoms with van der Waals surface area (Å²) in [5.74, 6) is -3.30. The lowest BCUT2D eigenvalue weighted by atomic mass is 9.83. The van der Waals surface area contributed by atoms with Gasteiger partial charge in [0, 0.05) is 16.5 Å². The second-order valence-corrected chi connectivity index (χ2v) is 12.6. The van der Waals surface area contributed by atoms with Crippen LogP contribution >= 0.6 is 23.1 Å². The van der Waals surface area contributed by atoms with E-state index in [1.54, 1.807) is 31.2 Å². The van der Waals surface area contributed by atoms with Gasteiger partial charge in [-0.25, -0.2) is 9.69 Å². The Kier molecular flexibility index (Phi) is 7.87. The molecule has 44 heavy (non-hydrogen) atoms. The smallest absolute Gasteiger partial charge is 0.338 e. The number of imide groups is 1. The van der Waals surface area contributed by atoms with Crippen LogP contribution in [0, 0.1) is 12.8 Å². The molecular weight excluding hydrogens is 603 g/mol. The van der Waals surface area contributed by atoms with Gasteiger partial charge in [-0.1, -0.05) is 52.9 Å². The highest BCUT2D eigenvalue weighted by Crippen LogP contribution is 2.54. The Bertz CT molecular complexity index is 1830. The average Bonchev–Trinajstić information content (AvgIpc) is 3.45. The van der Waals surface area contributed by atoms with E-state index in [1.807, 2.05) is 19.1 Å². The number of aromatic nitrogens is 1. The van der Waals surface area contributed by atoms with Crippen molar-refractivity contribution in [3.63, 3.8) is 0 Å². The second kappa shape index (κ2) is 11.8. The van der Waals surface area contributed by atoms with Crippen LogP contribution in [0.5, 0.6) is 5.75 Å². The van der Waals surface area contributed by atoms with Gasteiger partial charge in [-0.15, -0.1) is 0 Å². The van der Waals surface area contributed by atoms with E-state index in [1.165, 1.54) is 41.0 Å². The number of thiazole rings is 1. The fraction of sp³-hybridized carbons (Fsp3) is 0.219. The molecule has 0 radical (unpaired) electrons. The number of fused-ring (bicyclic) bond motifs is 2. The molecule has 1 saturated heterocycles. The Hall–Kier alpha value is -4.68. The molecule has 0 bridgehead atoms. The SMILES string of the molecule is CCOC(=O)c1ccc(N2C(=O)C3Sc4c(sc(=O)n4CC(=O)Nc4ccc(C)cc4)[C@@H](c4ccc(O)cc4)C3C2=O)cc1. The van der Waals surface area contributed by atoms with E-state index in [2.05, 4.69) is 5.32 Å². The fourth-order valence-corrected chi connectivity index (χ4v) is 8.27. The number of aryl methyl sites for hydroxylation is 1. The number of anilines is 2. The third-order valence-corrected chi connectivity index (χ3v) is 10.2. The molecule has 0 saturated carbocycles. The van der Waals surface area contributed by atoms with Crippen molar-refractivity contribution in [3.05, 3.63) is 104 Å². The summed E-state index contributed by atoms with van der Waals surface area (Å²) < 4.78 is 6.39. The zero-order valence-electron chi connectivity index (χ0n) is 23.7. The fourth-order valence-electron chi connectivity index (χ4n) is 5.49. The number of thioether (sulfide) groups is 1. The molecule has 0 aliphatic carbocycles. The van der Waals surface area contributed by atoms with Gasteiger partial charge in [-0.05, 0) is 67.9 Å². The number of benzene rings is 3. The predicted molar refractivity (Wildman–Crippen MR) is 166 cm³/mol. The summed E-state index contributed by atoms with van der Waals surface area (Å²) >= 11 is 2.05. The van der Waals surface area contributed by atoms with Gasteiger partial charge in [0.1, 0.15) is 17.5 Å². The Morgan fingerprint density at radius 2 is 1.61 bits per heavy atom. The number of aromatic hydroxyl groups is 1. The van der Waals surface area contributed by atoms with Gasteiger partial charge in [-0.3, -0.25) is 23.7 Å². The van der Waals surface area contributed by atoms with E-state index in [9.17, 15) is 29.1 Å². The first-order chi connectivity index (χ1) is 21.2. The third kappa shape index (κ3) is 5.31. The molecule has 3 aromatic carbocycles. The van der Waals surface area contributed by atoms with Gasteiger partial charge in [0.25, 0.3) is 0 Å². The van der Waals surface area contributed by atoms with Crippen LogP contribution in [0.3, 0.4) is 0 Å². The zero-order valence-corrected chi connectivity index (χ0v) is 25.3. The summed E-state index contributed by atoms with van der Waals surface area (Å²) in [7, 11) is 0. The van der Waals surface area contributed by atoms with Gasteiger partial charge in [0.05, 0.1) is 28.8 Å². The summed E-state index contributed by atoms with van der Waals surface area (Å²) in [5.41, 5.74) is 2.88. The predicted octanol–water partition coefficient (Wildman–Crippen LogP) is 4.54. The molecule has 3 heterocycles. The number of esters is 1. The number of phenolic OH excluding ortho intramolecular Hbond substituents is 1. The van der Waals surface area contributed by atoms with Crippen LogP contribution in [0.25, 0.3) is 0 Å². The Balaban J connectivity index is 1.36. The Morgan fingerprint density at radius 1 is 0.932 bits per heavy atom. The number of hydrogen-bond acceptors (Lipinski definition) is 9. The summed E-state index contributed by atoms with van der Waals surface area (Å²) in [6.45, 7) is 3.58. The number of nitrogens with zero attached hydrogens (tertiary/aromatic N) is 2. The number of rotatable bonds is 7. The summed E-state index contributed by atoms with van der Waals surface area (Å²) in [5, 5.41) is 12.3. The molecule has 2 aliphatic heterocycles. The highest BCUT2D eigenvalue weighted by Gasteiger charge is 2.56. The van der Waals surface area contributed by atoms with Crippen molar-refractivity contribution in [1.82, 2.24) is 4.57 Å². The Labute approximate surface area is 260 Å². The van der Waals surface area contributed by atoms with E-state index in [-0.39, 0.29) is 23.8 Å². The molecule has 2 aliphatic rings. The maximum absolute atomic E-state index is 14.0. The molecule has 6 rings (SSSR count). The van der Waals surface area contributed by atoms with Crippen molar-refractivity contribution in [2.75, 3.05) is 16.8 Å². The van der Waals surface area contributed by atoms with Gasteiger partial charge >= 0.3 is 10.8 Å². The lowest BCUT2D eigenvalue weighted by Crippen LogP contribution is -2.33. The van der Waals surface area contributed by atoms with Gasteiger partial charge < -0.3 is 15.2 Å². The lowest BCUT2D eigenvalue weighted by molar-refractivity contribution is -0.122. The van der Waals surface area contributed by atoms with Crippen LogP contribution in [0.2, 0.25) is 0 Å². The minimum atomic E-state index is -0.876. The lowest BCUT2D eigenvalue weighted by Gasteiger charge is -2.30. The van der Waals surface area contributed by atoms with Crippen LogP contribution in [0.15, 0.2) is 82.6 Å². The number of phenols is 1. The maximum atomic E-state index is 14.0. The largest absolute Gasteiger partial charge is 0.508 e. The summed E-state index contributed by atoms with van der Waals surface area (Å²) in [6, 6.07) is 19.7. The summed E-state index contributed by atoms with van der Waals surface area (Å²) in [4.78, 5) is 67.7. The third-order valence-electron chi connectivity index (χ3n) is 7.58. The molecule has 1 aromatic heterocycles. The molecule has 4 aromatic rings. The van der Waals surface area contributed by atoms with Crippen LogP contribution < -0.4 is 15.1 Å². The maximum Gasteiger partial charge on any atom is 0.338 e. The first-order valence-electron chi connectivity index (χ1n) is 13.9. The molecule has 2 N–H and O–H groups in total. The van der Waals surface area contributed by atoms with Gasteiger partial charge in [0.2, 0.25) is 17.7 Å². The van der Waals surface area contributed by atoms with E-state index in [0.29, 0.717) is 32.4 Å². The van der Waals surface area contributed by atoms with Crippen molar-refractivity contribution in [3.8, 4) is 5.75 Å². The van der Waals surface area contributed by atoms with Crippen LogP contribution in [0.4, 0.5) is 11.4 Å².